The highest BCUT2D eigenvalue weighted by Gasteiger charge is 2.22. The Hall–Kier alpha value is -2.21. The number of hydrogen-bond acceptors (Lipinski definition) is 4. The number of nitrogens with one attached hydrogen (secondary N) is 1. The van der Waals surface area contributed by atoms with Crippen molar-refractivity contribution in [1.29, 1.82) is 0 Å². The van der Waals surface area contributed by atoms with E-state index in [0.29, 0.717) is 17.5 Å². The summed E-state index contributed by atoms with van der Waals surface area (Å²) in [6.45, 7) is 6.86. The van der Waals surface area contributed by atoms with Gasteiger partial charge in [-0.2, -0.15) is 0 Å². The minimum atomic E-state index is -0.283. The molecule has 2 amide bonds. The lowest BCUT2D eigenvalue weighted by Crippen LogP contribution is -2.23. The van der Waals surface area contributed by atoms with Crippen molar-refractivity contribution in [2.45, 2.75) is 45.4 Å². The van der Waals surface area contributed by atoms with E-state index < -0.39 is 0 Å². The smallest absolute Gasteiger partial charge is 0.233 e. The van der Waals surface area contributed by atoms with Crippen molar-refractivity contribution in [3.63, 3.8) is 0 Å². The van der Waals surface area contributed by atoms with Gasteiger partial charge in [0.25, 0.3) is 0 Å². The van der Waals surface area contributed by atoms with Crippen molar-refractivity contribution < 1.29 is 9.59 Å². The first kappa shape index (κ1) is 17.6. The molecule has 0 bridgehead atoms. The van der Waals surface area contributed by atoms with Gasteiger partial charge in [0.05, 0.1) is 5.92 Å². The van der Waals surface area contributed by atoms with Crippen LogP contribution in [0.25, 0.3) is 0 Å². The Balaban J connectivity index is 1.66. The highest BCUT2D eigenvalue weighted by molar-refractivity contribution is 7.15. The Bertz CT molecular complexity index is 767. The summed E-state index contributed by atoms with van der Waals surface area (Å²) in [5, 5.41) is 3.53. The van der Waals surface area contributed by atoms with E-state index in [-0.39, 0.29) is 17.7 Å². The van der Waals surface area contributed by atoms with Crippen molar-refractivity contribution in [3.05, 3.63) is 40.9 Å². The minimum Gasteiger partial charge on any atom is -0.312 e. The van der Waals surface area contributed by atoms with E-state index in [9.17, 15) is 9.59 Å². The molecule has 1 aliphatic rings. The summed E-state index contributed by atoms with van der Waals surface area (Å²) in [6.07, 6.45) is 3.34. The zero-order valence-electron chi connectivity index (χ0n) is 14.8. The number of nitrogens with zero attached hydrogens (tertiary/aromatic N) is 2. The van der Waals surface area contributed by atoms with Crippen molar-refractivity contribution in [1.82, 2.24) is 4.98 Å². The van der Waals surface area contributed by atoms with Crippen LogP contribution in [0.2, 0.25) is 0 Å². The molecule has 0 saturated carbocycles. The van der Waals surface area contributed by atoms with Gasteiger partial charge in [0.1, 0.15) is 0 Å². The summed E-state index contributed by atoms with van der Waals surface area (Å²) < 4.78 is 0. The standard InChI is InChI=1S/C19H23N3O2S/c1-12(2)16-11-20-19(25-16)21-18(24)13(3)14-6-8-15(9-7-14)22-10-4-5-17(22)23/h6-9,11-13H,4-5,10H2,1-3H3,(H,20,21,24). The molecular weight excluding hydrogens is 334 g/mol. The van der Waals surface area contributed by atoms with Gasteiger partial charge in [-0.1, -0.05) is 26.0 Å². The van der Waals surface area contributed by atoms with Crippen LogP contribution in [0.3, 0.4) is 0 Å². The number of thiazole rings is 1. The molecule has 3 rings (SSSR count). The molecule has 1 atom stereocenters. The number of carbonyl (C=O) groups is 2. The monoisotopic (exact) mass is 357 g/mol. The van der Waals surface area contributed by atoms with Crippen LogP contribution in [-0.4, -0.2) is 23.3 Å². The van der Waals surface area contributed by atoms with Crippen LogP contribution < -0.4 is 10.2 Å². The molecule has 2 aromatic rings. The van der Waals surface area contributed by atoms with Crippen LogP contribution in [-0.2, 0) is 9.59 Å². The fourth-order valence-corrected chi connectivity index (χ4v) is 3.66. The predicted molar refractivity (Wildman–Crippen MR) is 101 cm³/mol. The highest BCUT2D eigenvalue weighted by Crippen LogP contribution is 2.27. The number of carbonyl (C=O) groups excluding carboxylic acids is 2. The van der Waals surface area contributed by atoms with Gasteiger partial charge >= 0.3 is 0 Å². The van der Waals surface area contributed by atoms with E-state index in [1.165, 1.54) is 11.3 Å². The summed E-state index contributed by atoms with van der Waals surface area (Å²) in [5.41, 5.74) is 1.83. The van der Waals surface area contributed by atoms with Gasteiger partial charge in [0.15, 0.2) is 5.13 Å². The summed E-state index contributed by atoms with van der Waals surface area (Å²) in [6, 6.07) is 7.68. The Morgan fingerprint density at radius 3 is 2.52 bits per heavy atom. The molecule has 0 aliphatic carbocycles. The fraction of sp³-hybridized carbons (Fsp3) is 0.421. The number of aromatic nitrogens is 1. The van der Waals surface area contributed by atoms with Crippen molar-refractivity contribution in [2.75, 3.05) is 16.8 Å². The first-order valence-electron chi connectivity index (χ1n) is 8.62. The predicted octanol–water partition coefficient (Wildman–Crippen LogP) is 4.14. The van der Waals surface area contributed by atoms with Gasteiger partial charge in [-0.25, -0.2) is 4.98 Å². The zero-order valence-corrected chi connectivity index (χ0v) is 15.6. The van der Waals surface area contributed by atoms with Gasteiger partial charge < -0.3 is 10.2 Å². The minimum absolute atomic E-state index is 0.0744. The van der Waals surface area contributed by atoms with Crippen LogP contribution in [0.1, 0.15) is 55.9 Å². The Labute approximate surface area is 152 Å². The molecular formula is C19H23N3O2S. The molecule has 25 heavy (non-hydrogen) atoms. The molecule has 1 fully saturated rings. The zero-order chi connectivity index (χ0) is 18.0. The van der Waals surface area contributed by atoms with E-state index in [0.717, 1.165) is 29.1 Å². The second kappa shape index (κ2) is 7.35. The van der Waals surface area contributed by atoms with Gasteiger partial charge in [-0.3, -0.25) is 9.59 Å². The summed E-state index contributed by atoms with van der Waals surface area (Å²) >= 11 is 1.51. The molecule has 1 N–H and O–H groups in total. The van der Waals surface area contributed by atoms with Gasteiger partial charge in [0, 0.05) is 29.7 Å². The van der Waals surface area contributed by atoms with E-state index in [1.54, 1.807) is 4.90 Å². The Morgan fingerprint density at radius 2 is 1.96 bits per heavy atom. The lowest BCUT2D eigenvalue weighted by atomic mass is 10.00. The lowest BCUT2D eigenvalue weighted by molar-refractivity contribution is -0.118. The average molecular weight is 357 g/mol. The number of benzene rings is 1. The van der Waals surface area contributed by atoms with Gasteiger partial charge in [0.2, 0.25) is 11.8 Å². The molecule has 0 radical (unpaired) electrons. The summed E-state index contributed by atoms with van der Waals surface area (Å²) in [5.74, 6) is 0.217. The van der Waals surface area contributed by atoms with Gasteiger partial charge in [-0.05, 0) is 37.0 Å². The molecule has 132 valence electrons. The van der Waals surface area contributed by atoms with Gasteiger partial charge in [-0.15, -0.1) is 11.3 Å². The summed E-state index contributed by atoms with van der Waals surface area (Å²) in [7, 11) is 0. The van der Waals surface area contributed by atoms with Crippen LogP contribution in [0.5, 0.6) is 0 Å². The highest BCUT2D eigenvalue weighted by atomic mass is 32.1. The summed E-state index contributed by atoms with van der Waals surface area (Å²) in [4.78, 5) is 31.5. The fourth-order valence-electron chi connectivity index (χ4n) is 2.84. The third-order valence-electron chi connectivity index (χ3n) is 4.49. The topological polar surface area (TPSA) is 62.3 Å². The second-order valence-electron chi connectivity index (χ2n) is 6.67. The Kier molecular flexibility index (Phi) is 5.18. The number of anilines is 2. The molecule has 1 unspecified atom stereocenters. The normalized spacial score (nSPS) is 15.7. The first-order chi connectivity index (χ1) is 12.0. The quantitative estimate of drug-likeness (QED) is 0.875. The van der Waals surface area contributed by atoms with E-state index in [4.69, 9.17) is 0 Å². The molecule has 1 aromatic carbocycles. The average Bonchev–Trinajstić information content (AvgIpc) is 3.23. The molecule has 1 saturated heterocycles. The number of rotatable bonds is 5. The molecule has 1 aromatic heterocycles. The van der Waals surface area contributed by atoms with Crippen molar-refractivity contribution >= 4 is 34.0 Å². The SMILES string of the molecule is CC(C)c1cnc(NC(=O)C(C)c2ccc(N3CCCC3=O)cc2)s1. The van der Waals surface area contributed by atoms with E-state index >= 15 is 0 Å². The lowest BCUT2D eigenvalue weighted by Gasteiger charge is -2.17. The van der Waals surface area contributed by atoms with Crippen LogP contribution in [0, 0.1) is 0 Å². The number of amides is 2. The molecule has 1 aliphatic heterocycles. The van der Waals surface area contributed by atoms with E-state index in [2.05, 4.69) is 24.1 Å². The van der Waals surface area contributed by atoms with E-state index in [1.807, 2.05) is 37.4 Å². The largest absolute Gasteiger partial charge is 0.312 e. The van der Waals surface area contributed by atoms with Crippen LogP contribution >= 0.6 is 11.3 Å². The van der Waals surface area contributed by atoms with Crippen molar-refractivity contribution in [2.24, 2.45) is 0 Å². The molecule has 6 heteroatoms. The maximum atomic E-state index is 12.5. The molecule has 5 nitrogen and oxygen atoms in total. The number of hydrogen-bond donors (Lipinski definition) is 1. The Morgan fingerprint density at radius 1 is 1.24 bits per heavy atom. The third kappa shape index (κ3) is 3.90. The van der Waals surface area contributed by atoms with Crippen LogP contribution in [0.15, 0.2) is 30.5 Å². The van der Waals surface area contributed by atoms with Crippen LogP contribution in [0.4, 0.5) is 10.8 Å². The van der Waals surface area contributed by atoms with Crippen molar-refractivity contribution in [3.8, 4) is 0 Å². The molecule has 2 heterocycles. The maximum absolute atomic E-state index is 12.5. The second-order valence-corrected chi connectivity index (χ2v) is 7.74. The third-order valence-corrected chi connectivity index (χ3v) is 5.71. The maximum Gasteiger partial charge on any atom is 0.233 e. The molecule has 0 spiro atoms. The first-order valence-corrected chi connectivity index (χ1v) is 9.44.